The second-order valence-corrected chi connectivity index (χ2v) is 9.17. The Morgan fingerprint density at radius 2 is 0.771 bits per heavy atom. The maximum atomic E-state index is 2.32. The molecule has 6 aromatic carbocycles. The first kappa shape index (κ1) is 21.1. The summed E-state index contributed by atoms with van der Waals surface area (Å²) >= 11 is 0. The van der Waals surface area contributed by atoms with Crippen molar-refractivity contribution in [2.45, 2.75) is 6.92 Å². The smallest absolute Gasteiger partial charge is 0.0171 e. The van der Waals surface area contributed by atoms with E-state index in [2.05, 4.69) is 146 Å². The molecular weight excluding hydrogens is 420 g/mol. The Balaban J connectivity index is 1.48. The van der Waals surface area contributed by atoms with Crippen LogP contribution in [0.5, 0.6) is 0 Å². The normalized spacial score (nSPS) is 11.0. The van der Waals surface area contributed by atoms with Gasteiger partial charge >= 0.3 is 0 Å². The second kappa shape index (κ2) is 9.08. The zero-order chi connectivity index (χ0) is 23.6. The van der Waals surface area contributed by atoms with Gasteiger partial charge in [-0.1, -0.05) is 121 Å². The molecule has 0 nitrogen and oxygen atoms in total. The second-order valence-electron chi connectivity index (χ2n) is 9.17. The lowest BCUT2D eigenvalue weighted by Gasteiger charge is -2.13. The lowest BCUT2D eigenvalue weighted by Crippen LogP contribution is -1.87. The molecule has 0 aliphatic rings. The van der Waals surface area contributed by atoms with E-state index < -0.39 is 0 Å². The van der Waals surface area contributed by atoms with Crippen LogP contribution in [0, 0.1) is 6.92 Å². The van der Waals surface area contributed by atoms with Crippen LogP contribution >= 0.6 is 0 Å². The Morgan fingerprint density at radius 1 is 0.286 bits per heavy atom. The summed E-state index contributed by atoms with van der Waals surface area (Å²) < 4.78 is 0. The molecule has 0 aliphatic heterocycles. The third-order valence-corrected chi connectivity index (χ3v) is 6.69. The van der Waals surface area contributed by atoms with E-state index in [1.54, 1.807) is 0 Å². The van der Waals surface area contributed by atoms with Gasteiger partial charge in [-0.05, 0) is 86.5 Å². The van der Waals surface area contributed by atoms with Gasteiger partial charge in [0.15, 0.2) is 0 Å². The first-order valence-electron chi connectivity index (χ1n) is 12.1. The first-order valence-corrected chi connectivity index (χ1v) is 12.1. The highest BCUT2D eigenvalue weighted by molar-refractivity contribution is 5.89. The summed E-state index contributed by atoms with van der Waals surface area (Å²) in [7, 11) is 0. The summed E-state index contributed by atoms with van der Waals surface area (Å²) in [5, 5.41) is 2.53. The van der Waals surface area contributed by atoms with Crippen LogP contribution in [0.4, 0.5) is 0 Å². The van der Waals surface area contributed by atoms with Crippen LogP contribution < -0.4 is 0 Å². The van der Waals surface area contributed by atoms with Crippen molar-refractivity contribution in [2.24, 2.45) is 0 Å². The predicted octanol–water partition coefficient (Wildman–Crippen LogP) is 9.82. The molecule has 0 spiro atoms. The molecule has 0 saturated carbocycles. The van der Waals surface area contributed by atoms with Crippen LogP contribution in [-0.4, -0.2) is 0 Å². The fraction of sp³-hybridized carbons (Fsp3) is 0.0286. The maximum absolute atomic E-state index is 2.32. The van der Waals surface area contributed by atoms with Gasteiger partial charge in [0.05, 0.1) is 0 Å². The van der Waals surface area contributed by atoms with E-state index >= 15 is 0 Å². The van der Waals surface area contributed by atoms with Crippen molar-refractivity contribution < 1.29 is 0 Å². The first-order chi connectivity index (χ1) is 17.2. The van der Waals surface area contributed by atoms with E-state index in [-0.39, 0.29) is 0 Å². The molecule has 0 fully saturated rings. The lowest BCUT2D eigenvalue weighted by molar-refractivity contribution is 1.46. The summed E-state index contributed by atoms with van der Waals surface area (Å²) in [4.78, 5) is 0. The van der Waals surface area contributed by atoms with Crippen molar-refractivity contribution in [2.75, 3.05) is 0 Å². The summed E-state index contributed by atoms with van der Waals surface area (Å²) in [6, 6.07) is 50.5. The zero-order valence-corrected chi connectivity index (χ0v) is 19.8. The molecule has 6 rings (SSSR count). The van der Waals surface area contributed by atoms with E-state index in [0.717, 1.165) is 0 Å². The molecule has 0 atom stereocenters. The number of fused-ring (bicyclic) bond motifs is 1. The van der Waals surface area contributed by atoms with E-state index in [1.165, 1.54) is 60.8 Å². The quantitative estimate of drug-likeness (QED) is 0.253. The minimum Gasteiger partial charge on any atom is -0.0622 e. The third-order valence-electron chi connectivity index (χ3n) is 6.69. The molecule has 35 heavy (non-hydrogen) atoms. The van der Waals surface area contributed by atoms with Crippen LogP contribution in [0.1, 0.15) is 5.56 Å². The average Bonchev–Trinajstić information content (AvgIpc) is 2.93. The standard InChI is InChI=1S/C35H26/c1-25-8-7-13-30(20-25)34-22-33(29-16-14-28(15-17-29)26-9-3-2-4-10-26)23-35(24-34)32-19-18-27-11-5-6-12-31(27)21-32/h2-24H,1H3. The summed E-state index contributed by atoms with van der Waals surface area (Å²) in [6.45, 7) is 2.15. The highest BCUT2D eigenvalue weighted by atomic mass is 14.1. The third kappa shape index (κ3) is 4.39. The van der Waals surface area contributed by atoms with Crippen molar-refractivity contribution in [3.8, 4) is 44.5 Å². The maximum Gasteiger partial charge on any atom is -0.0171 e. The van der Waals surface area contributed by atoms with Gasteiger partial charge in [0.1, 0.15) is 0 Å². The van der Waals surface area contributed by atoms with Gasteiger partial charge < -0.3 is 0 Å². The summed E-state index contributed by atoms with van der Waals surface area (Å²) in [5.74, 6) is 0. The van der Waals surface area contributed by atoms with Crippen LogP contribution in [0.15, 0.2) is 140 Å². The van der Waals surface area contributed by atoms with Crippen molar-refractivity contribution in [1.29, 1.82) is 0 Å². The van der Waals surface area contributed by atoms with Crippen molar-refractivity contribution in [1.82, 2.24) is 0 Å². The largest absolute Gasteiger partial charge is 0.0622 e. The van der Waals surface area contributed by atoms with Gasteiger partial charge in [-0.3, -0.25) is 0 Å². The Kier molecular flexibility index (Phi) is 5.48. The molecule has 0 aromatic heterocycles. The summed E-state index contributed by atoms with van der Waals surface area (Å²) in [6.07, 6.45) is 0. The molecule has 0 heterocycles. The Bertz CT molecular complexity index is 1620. The minimum absolute atomic E-state index is 1.22. The van der Waals surface area contributed by atoms with E-state index in [9.17, 15) is 0 Å². The Morgan fingerprint density at radius 3 is 1.46 bits per heavy atom. The summed E-state index contributed by atoms with van der Waals surface area (Å²) in [5.41, 5.74) is 11.2. The van der Waals surface area contributed by atoms with Crippen LogP contribution in [-0.2, 0) is 0 Å². The lowest BCUT2D eigenvalue weighted by atomic mass is 9.91. The van der Waals surface area contributed by atoms with Gasteiger partial charge in [0.2, 0.25) is 0 Å². The molecule has 6 aromatic rings. The average molecular weight is 447 g/mol. The van der Waals surface area contributed by atoms with Crippen LogP contribution in [0.2, 0.25) is 0 Å². The molecule has 166 valence electrons. The topological polar surface area (TPSA) is 0 Å². The predicted molar refractivity (Wildman–Crippen MR) is 150 cm³/mol. The molecular formula is C35H26. The van der Waals surface area contributed by atoms with Crippen molar-refractivity contribution in [3.05, 3.63) is 145 Å². The van der Waals surface area contributed by atoms with E-state index in [4.69, 9.17) is 0 Å². The highest BCUT2D eigenvalue weighted by Crippen LogP contribution is 2.35. The minimum atomic E-state index is 1.22. The molecule has 0 bridgehead atoms. The van der Waals surface area contributed by atoms with Gasteiger partial charge in [0, 0.05) is 0 Å². The fourth-order valence-corrected chi connectivity index (χ4v) is 4.81. The van der Waals surface area contributed by atoms with Gasteiger partial charge in [0.25, 0.3) is 0 Å². The zero-order valence-electron chi connectivity index (χ0n) is 19.8. The molecule has 0 saturated heterocycles. The number of benzene rings is 6. The molecule has 0 N–H and O–H groups in total. The highest BCUT2D eigenvalue weighted by Gasteiger charge is 2.09. The van der Waals surface area contributed by atoms with Crippen molar-refractivity contribution in [3.63, 3.8) is 0 Å². The number of rotatable bonds is 4. The van der Waals surface area contributed by atoms with Gasteiger partial charge in [-0.2, -0.15) is 0 Å². The Hall–Kier alpha value is -4.42. The number of hydrogen-bond donors (Lipinski definition) is 0. The molecule has 0 unspecified atom stereocenters. The number of hydrogen-bond acceptors (Lipinski definition) is 0. The van der Waals surface area contributed by atoms with Gasteiger partial charge in [-0.25, -0.2) is 0 Å². The van der Waals surface area contributed by atoms with E-state index in [1.807, 2.05) is 0 Å². The fourth-order valence-electron chi connectivity index (χ4n) is 4.81. The van der Waals surface area contributed by atoms with E-state index in [0.29, 0.717) is 0 Å². The molecule has 0 radical (unpaired) electrons. The SMILES string of the molecule is Cc1cccc(-c2cc(-c3ccc(-c4ccccc4)cc3)cc(-c3ccc4ccccc4c3)c2)c1. The van der Waals surface area contributed by atoms with Crippen LogP contribution in [0.3, 0.4) is 0 Å². The monoisotopic (exact) mass is 446 g/mol. The van der Waals surface area contributed by atoms with Gasteiger partial charge in [-0.15, -0.1) is 0 Å². The van der Waals surface area contributed by atoms with Crippen LogP contribution in [0.25, 0.3) is 55.3 Å². The molecule has 0 amide bonds. The number of aryl methyl sites for hydroxylation is 1. The molecule has 0 heteroatoms. The van der Waals surface area contributed by atoms with Crippen molar-refractivity contribution >= 4 is 10.8 Å². The Labute approximate surface area is 207 Å². The molecule has 0 aliphatic carbocycles.